The summed E-state index contributed by atoms with van der Waals surface area (Å²) in [5.74, 6) is 0.819. The highest BCUT2D eigenvalue weighted by molar-refractivity contribution is 5.96. The first-order valence-electron chi connectivity index (χ1n) is 11.5. The van der Waals surface area contributed by atoms with Gasteiger partial charge < -0.3 is 25.4 Å². The maximum atomic E-state index is 12.1. The summed E-state index contributed by atoms with van der Waals surface area (Å²) in [6, 6.07) is 7.92. The summed E-state index contributed by atoms with van der Waals surface area (Å²) in [4.78, 5) is 18.9. The number of ether oxygens (including phenoxy) is 2. The number of hydrogen-bond acceptors (Lipinski definition) is 7. The van der Waals surface area contributed by atoms with Gasteiger partial charge >= 0.3 is 6.09 Å². The molecule has 9 heteroatoms. The van der Waals surface area contributed by atoms with Crippen LogP contribution >= 0.6 is 0 Å². The van der Waals surface area contributed by atoms with E-state index in [0.717, 1.165) is 60.3 Å². The van der Waals surface area contributed by atoms with Crippen molar-refractivity contribution in [3.8, 4) is 5.75 Å². The second-order valence-electron chi connectivity index (χ2n) is 8.37. The third-order valence-electron chi connectivity index (χ3n) is 5.95. The summed E-state index contributed by atoms with van der Waals surface area (Å²) in [6.07, 6.45) is 6.89. The van der Waals surface area contributed by atoms with Crippen molar-refractivity contribution >= 4 is 28.5 Å². The summed E-state index contributed by atoms with van der Waals surface area (Å²) < 4.78 is 12.4. The van der Waals surface area contributed by atoms with Gasteiger partial charge in [-0.2, -0.15) is 5.10 Å². The number of fused-ring (bicyclic) bond motifs is 1. The summed E-state index contributed by atoms with van der Waals surface area (Å²) in [6.45, 7) is 4.63. The Morgan fingerprint density at radius 2 is 2.09 bits per heavy atom. The van der Waals surface area contributed by atoms with Crippen LogP contribution in [0.3, 0.4) is 0 Å². The molecule has 1 atom stereocenters. The van der Waals surface area contributed by atoms with Crippen molar-refractivity contribution < 1.29 is 14.3 Å². The van der Waals surface area contributed by atoms with E-state index >= 15 is 0 Å². The first kappa shape index (κ1) is 22.7. The number of anilines is 2. The van der Waals surface area contributed by atoms with E-state index in [1.165, 1.54) is 0 Å². The van der Waals surface area contributed by atoms with Crippen molar-refractivity contribution in [3.63, 3.8) is 0 Å². The Hall–Kier alpha value is -3.49. The molecular formula is C24H32N6O3. The quantitative estimate of drug-likeness (QED) is 0.503. The molecule has 0 aliphatic carbocycles. The molecule has 2 aromatic heterocycles. The highest BCUT2D eigenvalue weighted by Gasteiger charge is 2.25. The lowest BCUT2D eigenvalue weighted by Gasteiger charge is -2.35. The number of carbonyl (C=O) groups excluding carboxylic acids is 1. The SMILES string of the molecule is CCCCOC(=O)N[C@H]1CCCN(c2c(N)cnc3c2cnn3Cc2ccc(OC)cc2)C1. The van der Waals surface area contributed by atoms with Crippen LogP contribution in [0.25, 0.3) is 11.0 Å². The molecule has 3 heterocycles. The molecule has 1 amide bonds. The average Bonchev–Trinajstić information content (AvgIpc) is 3.22. The molecule has 1 aromatic carbocycles. The minimum absolute atomic E-state index is 0.00448. The molecule has 1 saturated heterocycles. The molecule has 0 saturated carbocycles. The van der Waals surface area contributed by atoms with Crippen LogP contribution in [-0.4, -0.2) is 53.7 Å². The van der Waals surface area contributed by atoms with Crippen LogP contribution in [0.15, 0.2) is 36.7 Å². The average molecular weight is 453 g/mol. The largest absolute Gasteiger partial charge is 0.497 e. The number of carbonyl (C=O) groups is 1. The first-order valence-corrected chi connectivity index (χ1v) is 11.5. The molecule has 176 valence electrons. The zero-order chi connectivity index (χ0) is 23.2. The third-order valence-corrected chi connectivity index (χ3v) is 5.95. The predicted octanol–water partition coefficient (Wildman–Crippen LogP) is 3.57. The second kappa shape index (κ2) is 10.4. The number of methoxy groups -OCH3 is 1. The van der Waals surface area contributed by atoms with E-state index in [9.17, 15) is 4.79 Å². The van der Waals surface area contributed by atoms with Crippen LogP contribution in [0, 0.1) is 0 Å². The number of alkyl carbamates (subject to hydrolysis) is 1. The number of pyridine rings is 1. The monoisotopic (exact) mass is 452 g/mol. The Balaban J connectivity index is 1.51. The number of unbranched alkanes of at least 4 members (excludes halogenated alkanes) is 1. The molecule has 0 spiro atoms. The van der Waals surface area contributed by atoms with Gasteiger partial charge in [0.2, 0.25) is 0 Å². The number of nitrogens with zero attached hydrogens (tertiary/aromatic N) is 4. The first-order chi connectivity index (χ1) is 16.1. The summed E-state index contributed by atoms with van der Waals surface area (Å²) >= 11 is 0. The lowest BCUT2D eigenvalue weighted by molar-refractivity contribution is 0.139. The highest BCUT2D eigenvalue weighted by atomic mass is 16.5. The smallest absolute Gasteiger partial charge is 0.407 e. The Labute approximate surface area is 193 Å². The molecule has 3 aromatic rings. The van der Waals surface area contributed by atoms with Gasteiger partial charge in [-0.25, -0.2) is 14.5 Å². The fraction of sp³-hybridized carbons (Fsp3) is 0.458. The van der Waals surface area contributed by atoms with E-state index < -0.39 is 0 Å². The van der Waals surface area contributed by atoms with E-state index in [1.807, 2.05) is 35.1 Å². The van der Waals surface area contributed by atoms with Crippen LogP contribution in [0.5, 0.6) is 5.75 Å². The summed E-state index contributed by atoms with van der Waals surface area (Å²) in [5.41, 5.74) is 9.79. The predicted molar refractivity (Wildman–Crippen MR) is 129 cm³/mol. The van der Waals surface area contributed by atoms with Crippen LogP contribution in [0.4, 0.5) is 16.2 Å². The van der Waals surface area contributed by atoms with Gasteiger partial charge in [0.25, 0.3) is 0 Å². The molecule has 33 heavy (non-hydrogen) atoms. The molecule has 9 nitrogen and oxygen atoms in total. The molecule has 0 unspecified atom stereocenters. The second-order valence-corrected chi connectivity index (χ2v) is 8.37. The van der Waals surface area contributed by atoms with Crippen molar-refractivity contribution in [1.82, 2.24) is 20.1 Å². The van der Waals surface area contributed by atoms with Crippen LogP contribution in [0.2, 0.25) is 0 Å². The number of nitrogens with two attached hydrogens (primary N) is 1. The number of amides is 1. The molecule has 4 rings (SSSR count). The van der Waals surface area contributed by atoms with Gasteiger partial charge in [0.15, 0.2) is 5.65 Å². The minimum Gasteiger partial charge on any atom is -0.497 e. The molecule has 1 aliphatic heterocycles. The molecule has 1 fully saturated rings. The maximum Gasteiger partial charge on any atom is 0.407 e. The number of rotatable bonds is 8. The maximum absolute atomic E-state index is 12.1. The Bertz CT molecular complexity index is 1080. The normalized spacial score (nSPS) is 16.1. The fourth-order valence-corrected chi connectivity index (χ4v) is 4.22. The molecular weight excluding hydrogens is 420 g/mol. The summed E-state index contributed by atoms with van der Waals surface area (Å²) in [7, 11) is 1.65. The highest BCUT2D eigenvalue weighted by Crippen LogP contribution is 2.33. The van der Waals surface area contributed by atoms with E-state index in [0.29, 0.717) is 25.4 Å². The lowest BCUT2D eigenvalue weighted by atomic mass is 10.0. The van der Waals surface area contributed by atoms with Gasteiger partial charge in [-0.05, 0) is 37.0 Å². The number of hydrogen-bond donors (Lipinski definition) is 2. The van der Waals surface area contributed by atoms with Crippen LogP contribution in [-0.2, 0) is 11.3 Å². The van der Waals surface area contributed by atoms with Crippen molar-refractivity contribution in [2.75, 3.05) is 37.4 Å². The van der Waals surface area contributed by atoms with Gasteiger partial charge in [-0.15, -0.1) is 0 Å². The van der Waals surface area contributed by atoms with Gasteiger partial charge in [-0.1, -0.05) is 25.5 Å². The van der Waals surface area contributed by atoms with Gasteiger partial charge in [0, 0.05) is 19.1 Å². The molecule has 0 bridgehead atoms. The standard InChI is InChI=1S/C24H32N6O3/c1-3-4-12-33-24(31)28-18-6-5-11-29(16-18)22-20-13-27-30(23(20)26-14-21(22)25)15-17-7-9-19(32-2)10-8-17/h7-10,13-14,18H,3-6,11-12,15-16,25H2,1-2H3,(H,28,31)/t18-/m0/s1. The van der Waals surface area contributed by atoms with Crippen LogP contribution in [0.1, 0.15) is 38.2 Å². The van der Waals surface area contributed by atoms with Gasteiger partial charge in [0.05, 0.1) is 49.4 Å². The van der Waals surface area contributed by atoms with Crippen molar-refractivity contribution in [3.05, 3.63) is 42.2 Å². The molecule has 1 aliphatic rings. The summed E-state index contributed by atoms with van der Waals surface area (Å²) in [5, 5.41) is 8.50. The van der Waals surface area contributed by atoms with E-state index in [4.69, 9.17) is 15.2 Å². The fourth-order valence-electron chi connectivity index (χ4n) is 4.22. The molecule has 0 radical (unpaired) electrons. The van der Waals surface area contributed by atoms with E-state index in [1.54, 1.807) is 13.3 Å². The van der Waals surface area contributed by atoms with E-state index in [-0.39, 0.29) is 12.1 Å². The lowest BCUT2D eigenvalue weighted by Crippen LogP contribution is -2.48. The van der Waals surface area contributed by atoms with Crippen molar-refractivity contribution in [2.45, 2.75) is 45.2 Å². The number of piperidine rings is 1. The topological polar surface area (TPSA) is 108 Å². The number of nitrogens with one attached hydrogen (secondary N) is 1. The van der Waals surface area contributed by atoms with Gasteiger partial charge in [-0.3, -0.25) is 0 Å². The van der Waals surface area contributed by atoms with Gasteiger partial charge in [0.1, 0.15) is 5.75 Å². The number of nitrogen functional groups attached to an aromatic ring is 1. The number of aromatic nitrogens is 3. The Morgan fingerprint density at radius 1 is 1.27 bits per heavy atom. The third kappa shape index (κ3) is 5.30. The van der Waals surface area contributed by atoms with Crippen LogP contribution < -0.4 is 20.7 Å². The Kier molecular flexibility index (Phi) is 7.16. The minimum atomic E-state index is -0.351. The van der Waals surface area contributed by atoms with Crippen molar-refractivity contribution in [2.24, 2.45) is 0 Å². The molecule has 3 N–H and O–H groups in total. The zero-order valence-electron chi connectivity index (χ0n) is 19.3. The Morgan fingerprint density at radius 3 is 2.85 bits per heavy atom. The number of benzene rings is 1. The van der Waals surface area contributed by atoms with E-state index in [2.05, 4.69) is 27.2 Å². The zero-order valence-corrected chi connectivity index (χ0v) is 19.3. The van der Waals surface area contributed by atoms with Crippen molar-refractivity contribution in [1.29, 1.82) is 0 Å².